The minimum atomic E-state index is -0.526. The Morgan fingerprint density at radius 2 is 1.70 bits per heavy atom. The molecule has 0 saturated heterocycles. The fourth-order valence-corrected chi connectivity index (χ4v) is 2.93. The van der Waals surface area contributed by atoms with Gasteiger partial charge in [-0.15, -0.1) is 0 Å². The molecule has 4 rings (SSSR count). The van der Waals surface area contributed by atoms with E-state index in [9.17, 15) is 9.59 Å². The van der Waals surface area contributed by atoms with Crippen molar-refractivity contribution in [1.29, 1.82) is 0 Å². The molecule has 6 heteroatoms. The summed E-state index contributed by atoms with van der Waals surface area (Å²) in [6.07, 6.45) is 1.54. The molecular formula is C24H19NO5. The van der Waals surface area contributed by atoms with Crippen LogP contribution in [0.5, 0.6) is 0 Å². The zero-order valence-electron chi connectivity index (χ0n) is 16.5. The van der Waals surface area contributed by atoms with Crippen molar-refractivity contribution in [3.63, 3.8) is 0 Å². The van der Waals surface area contributed by atoms with Crippen LogP contribution in [0.1, 0.15) is 34.2 Å². The molecule has 0 spiro atoms. The molecule has 6 nitrogen and oxygen atoms in total. The first-order valence-electron chi connectivity index (χ1n) is 9.50. The predicted octanol–water partition coefficient (Wildman–Crippen LogP) is 4.78. The molecule has 2 heterocycles. The summed E-state index contributed by atoms with van der Waals surface area (Å²) in [5.41, 5.74) is 3.29. The third kappa shape index (κ3) is 4.07. The molecule has 0 aliphatic carbocycles. The number of aliphatic imine (C=N–C) groups is 1. The van der Waals surface area contributed by atoms with Crippen molar-refractivity contribution >= 4 is 23.9 Å². The maximum Gasteiger partial charge on any atom is 0.363 e. The number of hydrogen-bond acceptors (Lipinski definition) is 6. The van der Waals surface area contributed by atoms with E-state index in [0.29, 0.717) is 23.7 Å². The lowest BCUT2D eigenvalue weighted by Crippen LogP contribution is -2.05. The molecule has 0 amide bonds. The van der Waals surface area contributed by atoms with Gasteiger partial charge in [0.25, 0.3) is 0 Å². The van der Waals surface area contributed by atoms with Gasteiger partial charge in [-0.05, 0) is 50.2 Å². The van der Waals surface area contributed by atoms with E-state index in [2.05, 4.69) is 4.99 Å². The number of benzene rings is 2. The fraction of sp³-hybridized carbons (Fsp3) is 0.125. The normalized spacial score (nSPS) is 14.5. The highest BCUT2D eigenvalue weighted by molar-refractivity contribution is 6.12. The molecule has 0 radical (unpaired) electrons. The summed E-state index contributed by atoms with van der Waals surface area (Å²) in [6, 6.07) is 18.0. The lowest BCUT2D eigenvalue weighted by Gasteiger charge is -2.02. The van der Waals surface area contributed by atoms with Crippen molar-refractivity contribution in [2.75, 3.05) is 6.61 Å². The number of nitrogens with zero attached hydrogens (tertiary/aromatic N) is 1. The molecular weight excluding hydrogens is 382 g/mol. The van der Waals surface area contributed by atoms with Gasteiger partial charge in [0.05, 0.1) is 12.2 Å². The van der Waals surface area contributed by atoms with Crippen LogP contribution in [0.4, 0.5) is 0 Å². The second kappa shape index (κ2) is 8.21. The van der Waals surface area contributed by atoms with Gasteiger partial charge in [0.1, 0.15) is 11.5 Å². The first kappa shape index (κ1) is 19.4. The zero-order chi connectivity index (χ0) is 21.1. The third-order valence-electron chi connectivity index (χ3n) is 4.51. The van der Waals surface area contributed by atoms with E-state index in [1.165, 1.54) is 0 Å². The Hall–Kier alpha value is -3.93. The maximum absolute atomic E-state index is 12.2. The molecule has 0 fully saturated rings. The summed E-state index contributed by atoms with van der Waals surface area (Å²) >= 11 is 0. The predicted molar refractivity (Wildman–Crippen MR) is 112 cm³/mol. The zero-order valence-corrected chi connectivity index (χ0v) is 16.5. The van der Waals surface area contributed by atoms with Crippen LogP contribution in [-0.4, -0.2) is 24.4 Å². The second-order valence-corrected chi connectivity index (χ2v) is 6.70. The van der Waals surface area contributed by atoms with Crippen LogP contribution >= 0.6 is 0 Å². The number of cyclic esters (lactones) is 1. The lowest BCUT2D eigenvalue weighted by atomic mass is 10.1. The molecule has 1 aliphatic heterocycles. The van der Waals surface area contributed by atoms with Gasteiger partial charge in [-0.1, -0.05) is 29.8 Å². The Bertz CT molecular complexity index is 1150. The highest BCUT2D eigenvalue weighted by Gasteiger charge is 2.24. The van der Waals surface area contributed by atoms with E-state index >= 15 is 0 Å². The number of esters is 2. The molecule has 0 unspecified atom stereocenters. The van der Waals surface area contributed by atoms with Gasteiger partial charge < -0.3 is 13.9 Å². The Kier molecular flexibility index (Phi) is 5.30. The molecule has 1 aliphatic rings. The average Bonchev–Trinajstić information content (AvgIpc) is 3.36. The SMILES string of the molecule is CCOC(=O)c1ccc(-c2ccc(C=C3N=C(c4ccc(C)cc4)OC3=O)o2)cc1. The van der Waals surface area contributed by atoms with Crippen LogP contribution in [0.25, 0.3) is 17.4 Å². The van der Waals surface area contributed by atoms with E-state index in [0.717, 1.165) is 16.7 Å². The fourth-order valence-electron chi connectivity index (χ4n) is 2.93. The molecule has 30 heavy (non-hydrogen) atoms. The van der Waals surface area contributed by atoms with Gasteiger partial charge >= 0.3 is 11.9 Å². The second-order valence-electron chi connectivity index (χ2n) is 6.70. The Balaban J connectivity index is 1.54. The summed E-state index contributed by atoms with van der Waals surface area (Å²) in [7, 11) is 0. The highest BCUT2D eigenvalue weighted by atomic mass is 16.6. The molecule has 150 valence electrons. The Morgan fingerprint density at radius 1 is 1.00 bits per heavy atom. The minimum absolute atomic E-state index is 0.170. The van der Waals surface area contributed by atoms with Crippen molar-refractivity contribution in [2.45, 2.75) is 13.8 Å². The van der Waals surface area contributed by atoms with Crippen LogP contribution in [0.2, 0.25) is 0 Å². The third-order valence-corrected chi connectivity index (χ3v) is 4.51. The number of furan rings is 1. The molecule has 0 bridgehead atoms. The van der Waals surface area contributed by atoms with Crippen LogP contribution in [0, 0.1) is 6.92 Å². The topological polar surface area (TPSA) is 78.1 Å². The average molecular weight is 401 g/mol. The van der Waals surface area contributed by atoms with E-state index in [4.69, 9.17) is 13.9 Å². The summed E-state index contributed by atoms with van der Waals surface area (Å²) in [5.74, 6) is 0.456. The number of aryl methyl sites for hydroxylation is 1. The standard InChI is InChI=1S/C24H19NO5/c1-3-28-23(26)18-10-8-16(9-11-18)21-13-12-19(29-21)14-20-24(27)30-22(25-20)17-6-4-15(2)5-7-17/h4-14H,3H2,1-2H3. The lowest BCUT2D eigenvalue weighted by molar-refractivity contribution is -0.129. The minimum Gasteiger partial charge on any atom is -0.462 e. The van der Waals surface area contributed by atoms with E-state index in [1.807, 2.05) is 31.2 Å². The Morgan fingerprint density at radius 3 is 2.40 bits per heavy atom. The first-order valence-corrected chi connectivity index (χ1v) is 9.50. The number of carbonyl (C=O) groups excluding carboxylic acids is 2. The maximum atomic E-state index is 12.2. The molecule has 0 N–H and O–H groups in total. The molecule has 0 saturated carbocycles. The number of carbonyl (C=O) groups is 2. The molecule has 2 aromatic carbocycles. The Labute approximate surface area is 173 Å². The van der Waals surface area contributed by atoms with Gasteiger partial charge in [-0.3, -0.25) is 0 Å². The summed E-state index contributed by atoms with van der Waals surface area (Å²) in [6.45, 7) is 4.07. The van der Waals surface area contributed by atoms with E-state index in [-0.39, 0.29) is 17.6 Å². The van der Waals surface area contributed by atoms with Crippen molar-refractivity contribution < 1.29 is 23.5 Å². The number of hydrogen-bond donors (Lipinski definition) is 0. The van der Waals surface area contributed by atoms with Crippen LogP contribution < -0.4 is 0 Å². The summed E-state index contributed by atoms with van der Waals surface area (Å²) in [5, 5.41) is 0. The number of rotatable bonds is 5. The van der Waals surface area contributed by atoms with Gasteiger partial charge in [-0.25, -0.2) is 14.6 Å². The van der Waals surface area contributed by atoms with Gasteiger partial charge in [-0.2, -0.15) is 0 Å². The van der Waals surface area contributed by atoms with Crippen molar-refractivity contribution in [3.05, 3.63) is 88.8 Å². The summed E-state index contributed by atoms with van der Waals surface area (Å²) in [4.78, 5) is 28.2. The van der Waals surface area contributed by atoms with Crippen molar-refractivity contribution in [2.24, 2.45) is 4.99 Å². The van der Waals surface area contributed by atoms with Crippen LogP contribution in [0.3, 0.4) is 0 Å². The first-order chi connectivity index (χ1) is 14.5. The van der Waals surface area contributed by atoms with Crippen LogP contribution in [-0.2, 0) is 14.3 Å². The van der Waals surface area contributed by atoms with E-state index < -0.39 is 5.97 Å². The highest BCUT2D eigenvalue weighted by Crippen LogP contribution is 2.26. The quantitative estimate of drug-likeness (QED) is 0.454. The van der Waals surface area contributed by atoms with Gasteiger partial charge in [0.2, 0.25) is 5.90 Å². The van der Waals surface area contributed by atoms with Crippen molar-refractivity contribution in [1.82, 2.24) is 0 Å². The van der Waals surface area contributed by atoms with Crippen LogP contribution in [0.15, 0.2) is 75.8 Å². The van der Waals surface area contributed by atoms with Gasteiger partial charge in [0, 0.05) is 17.2 Å². The smallest absolute Gasteiger partial charge is 0.363 e. The largest absolute Gasteiger partial charge is 0.462 e. The monoisotopic (exact) mass is 401 g/mol. The molecule has 0 atom stereocenters. The van der Waals surface area contributed by atoms with Crippen molar-refractivity contribution in [3.8, 4) is 11.3 Å². The van der Waals surface area contributed by atoms with E-state index in [1.54, 1.807) is 49.4 Å². The molecule has 1 aromatic heterocycles. The number of ether oxygens (including phenoxy) is 2. The summed E-state index contributed by atoms with van der Waals surface area (Å²) < 4.78 is 16.1. The molecule has 3 aromatic rings. The van der Waals surface area contributed by atoms with Gasteiger partial charge in [0.15, 0.2) is 5.70 Å².